The van der Waals surface area contributed by atoms with Crippen molar-refractivity contribution in [1.29, 1.82) is 0 Å². The molecule has 0 fully saturated rings. The second-order valence-electron chi connectivity index (χ2n) is 2.44. The number of Topliss-reactive ketones (excluding diaryl/α,β-unsaturated/α-hetero) is 2. The summed E-state index contributed by atoms with van der Waals surface area (Å²) in [7, 11) is 1.55. The monoisotopic (exact) mass is 224 g/mol. The van der Waals surface area contributed by atoms with E-state index in [9.17, 15) is 9.59 Å². The van der Waals surface area contributed by atoms with Gasteiger partial charge < -0.3 is 20.1 Å². The molecule has 0 unspecified atom stereocenters. The largest absolute Gasteiger partial charge is 0.394 e. The summed E-state index contributed by atoms with van der Waals surface area (Å²) in [5, 5.41) is 23.5. The molecule has 15 heavy (non-hydrogen) atoms. The number of rotatable bonds is 4. The van der Waals surface area contributed by atoms with Crippen molar-refractivity contribution in [1.82, 2.24) is 0 Å². The molecule has 0 radical (unpaired) electrons. The molecule has 0 heterocycles. The third-order valence-corrected chi connectivity index (χ3v) is 0.741. The number of aliphatic hydroxyl groups excluding tert-OH is 3. The molecular formula is C9H20O6. The standard InChI is InChI=1S/C3H8O2.2C3H6O2/c1-5-3-2-4;2*1-3(5)2-4/h4H,2-3H2,1H3;2*4H,2H2,1H3. The maximum absolute atomic E-state index is 9.56. The van der Waals surface area contributed by atoms with Crippen LogP contribution in [0.15, 0.2) is 0 Å². The second kappa shape index (κ2) is 18.9. The van der Waals surface area contributed by atoms with Gasteiger partial charge in [0, 0.05) is 7.11 Å². The van der Waals surface area contributed by atoms with E-state index in [0.717, 1.165) is 0 Å². The van der Waals surface area contributed by atoms with Crippen LogP contribution in [0, 0.1) is 0 Å². The molecular weight excluding hydrogens is 204 g/mol. The molecule has 6 heteroatoms. The van der Waals surface area contributed by atoms with Crippen molar-refractivity contribution in [2.45, 2.75) is 13.8 Å². The van der Waals surface area contributed by atoms with Crippen LogP contribution in [-0.2, 0) is 14.3 Å². The second-order valence-corrected chi connectivity index (χ2v) is 2.44. The highest BCUT2D eigenvalue weighted by atomic mass is 16.5. The molecule has 0 aliphatic rings. The van der Waals surface area contributed by atoms with Gasteiger partial charge in [-0.1, -0.05) is 0 Å². The molecule has 3 N–H and O–H groups in total. The summed E-state index contributed by atoms with van der Waals surface area (Å²) in [6.07, 6.45) is 0. The quantitative estimate of drug-likeness (QED) is 0.552. The van der Waals surface area contributed by atoms with Crippen LogP contribution in [0.3, 0.4) is 0 Å². The summed E-state index contributed by atoms with van der Waals surface area (Å²) in [5.74, 6) is -0.380. The van der Waals surface area contributed by atoms with Crippen LogP contribution < -0.4 is 0 Å². The predicted molar refractivity (Wildman–Crippen MR) is 54.5 cm³/mol. The third-order valence-electron chi connectivity index (χ3n) is 0.741. The van der Waals surface area contributed by atoms with E-state index >= 15 is 0 Å². The number of hydrogen-bond acceptors (Lipinski definition) is 6. The fraction of sp³-hybridized carbons (Fsp3) is 0.778. The number of aliphatic hydroxyl groups is 3. The van der Waals surface area contributed by atoms with E-state index in [1.54, 1.807) is 7.11 Å². The first-order chi connectivity index (χ1) is 6.95. The van der Waals surface area contributed by atoms with Gasteiger partial charge in [-0.2, -0.15) is 0 Å². The third kappa shape index (κ3) is 61.4. The van der Waals surface area contributed by atoms with E-state index in [1.165, 1.54) is 13.8 Å². The van der Waals surface area contributed by atoms with E-state index in [0.29, 0.717) is 6.61 Å². The van der Waals surface area contributed by atoms with Gasteiger partial charge in [0.2, 0.25) is 0 Å². The van der Waals surface area contributed by atoms with E-state index in [1.807, 2.05) is 0 Å². The summed E-state index contributed by atoms with van der Waals surface area (Å²) in [5.41, 5.74) is 0. The molecule has 0 saturated carbocycles. The number of carbonyl (C=O) groups is 2. The van der Waals surface area contributed by atoms with Crippen LogP contribution in [0.2, 0.25) is 0 Å². The summed E-state index contributed by atoms with van der Waals surface area (Å²) in [6.45, 7) is 2.57. The molecule has 0 aromatic carbocycles. The average Bonchev–Trinajstić information content (AvgIpc) is 2.20. The summed E-state index contributed by atoms with van der Waals surface area (Å²) in [6, 6.07) is 0. The maximum Gasteiger partial charge on any atom is 0.155 e. The van der Waals surface area contributed by atoms with Crippen LogP contribution in [0.25, 0.3) is 0 Å². The highest BCUT2D eigenvalue weighted by molar-refractivity contribution is 5.76. The first kappa shape index (κ1) is 19.7. The first-order valence-electron chi connectivity index (χ1n) is 4.26. The fourth-order valence-electron chi connectivity index (χ4n) is 0.0913. The average molecular weight is 224 g/mol. The SMILES string of the molecule is CC(=O)CO.CC(=O)CO.COCCO. The zero-order valence-corrected chi connectivity index (χ0v) is 9.39. The lowest BCUT2D eigenvalue weighted by Crippen LogP contribution is -1.93. The van der Waals surface area contributed by atoms with Gasteiger partial charge in [-0.25, -0.2) is 0 Å². The Morgan fingerprint density at radius 1 is 1.00 bits per heavy atom. The predicted octanol–water partition coefficient (Wildman–Crippen LogP) is -1.24. The minimum atomic E-state index is -0.333. The number of ketones is 2. The topological polar surface area (TPSA) is 104 Å². The smallest absolute Gasteiger partial charge is 0.155 e. The van der Waals surface area contributed by atoms with Crippen molar-refractivity contribution in [3.8, 4) is 0 Å². The van der Waals surface area contributed by atoms with Crippen molar-refractivity contribution in [2.75, 3.05) is 33.5 Å². The molecule has 0 amide bonds. The van der Waals surface area contributed by atoms with Crippen molar-refractivity contribution >= 4 is 11.6 Å². The fourth-order valence-corrected chi connectivity index (χ4v) is 0.0913. The van der Waals surface area contributed by atoms with Gasteiger partial charge >= 0.3 is 0 Å². The lowest BCUT2D eigenvalue weighted by molar-refractivity contribution is -0.120. The molecule has 0 saturated heterocycles. The molecule has 0 bridgehead atoms. The minimum Gasteiger partial charge on any atom is -0.394 e. The Kier molecular flexibility index (Phi) is 24.8. The van der Waals surface area contributed by atoms with Gasteiger partial charge in [0.05, 0.1) is 13.2 Å². The minimum absolute atomic E-state index is 0.122. The van der Waals surface area contributed by atoms with Crippen LogP contribution in [0.4, 0.5) is 0 Å². The number of carbonyl (C=O) groups excluding carboxylic acids is 2. The lowest BCUT2D eigenvalue weighted by Gasteiger charge is -1.84. The Labute approximate surface area is 89.5 Å². The molecule has 0 aromatic heterocycles. The van der Waals surface area contributed by atoms with E-state index in [-0.39, 0.29) is 31.4 Å². The van der Waals surface area contributed by atoms with Crippen LogP contribution in [0.5, 0.6) is 0 Å². The highest BCUT2D eigenvalue weighted by Crippen LogP contribution is 1.57. The molecule has 0 atom stereocenters. The highest BCUT2D eigenvalue weighted by Gasteiger charge is 1.78. The van der Waals surface area contributed by atoms with Crippen LogP contribution in [-0.4, -0.2) is 60.4 Å². The van der Waals surface area contributed by atoms with Gasteiger partial charge in [-0.3, -0.25) is 9.59 Å². The maximum atomic E-state index is 9.56. The Morgan fingerprint density at radius 3 is 1.27 bits per heavy atom. The van der Waals surface area contributed by atoms with Gasteiger partial charge in [-0.05, 0) is 13.8 Å². The summed E-state index contributed by atoms with van der Waals surface area (Å²) < 4.78 is 4.44. The Balaban J connectivity index is -0.000000144. The Hall–Kier alpha value is -0.820. The molecule has 0 rings (SSSR count). The first-order valence-corrected chi connectivity index (χ1v) is 4.26. The van der Waals surface area contributed by atoms with Crippen molar-refractivity contribution < 1.29 is 29.6 Å². The molecule has 6 nitrogen and oxygen atoms in total. The normalized spacial score (nSPS) is 7.87. The number of hydrogen-bond donors (Lipinski definition) is 3. The lowest BCUT2D eigenvalue weighted by atomic mass is 10.5. The molecule has 0 aliphatic heterocycles. The number of ether oxygens (including phenoxy) is 1. The Bertz CT molecular complexity index is 130. The van der Waals surface area contributed by atoms with E-state index in [2.05, 4.69) is 4.74 Å². The van der Waals surface area contributed by atoms with Crippen molar-refractivity contribution in [2.24, 2.45) is 0 Å². The van der Waals surface area contributed by atoms with E-state index < -0.39 is 0 Å². The molecule has 0 aromatic rings. The van der Waals surface area contributed by atoms with Crippen LogP contribution >= 0.6 is 0 Å². The molecule has 92 valence electrons. The van der Waals surface area contributed by atoms with E-state index in [4.69, 9.17) is 15.3 Å². The van der Waals surface area contributed by atoms with Gasteiger partial charge in [-0.15, -0.1) is 0 Å². The zero-order valence-electron chi connectivity index (χ0n) is 9.39. The Morgan fingerprint density at radius 2 is 1.27 bits per heavy atom. The van der Waals surface area contributed by atoms with Crippen molar-refractivity contribution in [3.63, 3.8) is 0 Å². The van der Waals surface area contributed by atoms with Crippen LogP contribution in [0.1, 0.15) is 13.8 Å². The van der Waals surface area contributed by atoms with Gasteiger partial charge in [0.1, 0.15) is 13.2 Å². The van der Waals surface area contributed by atoms with Gasteiger partial charge in [0.25, 0.3) is 0 Å². The number of methoxy groups -OCH3 is 1. The van der Waals surface area contributed by atoms with Gasteiger partial charge in [0.15, 0.2) is 11.6 Å². The zero-order chi connectivity index (χ0) is 12.7. The summed E-state index contributed by atoms with van der Waals surface area (Å²) >= 11 is 0. The van der Waals surface area contributed by atoms with Crippen molar-refractivity contribution in [3.05, 3.63) is 0 Å². The summed E-state index contributed by atoms with van der Waals surface area (Å²) in [4.78, 5) is 19.1. The molecule has 0 aliphatic carbocycles. The molecule has 0 spiro atoms.